The number of sulfone groups is 1. The number of hydrogen-bond acceptors (Lipinski definition) is 3. The van der Waals surface area contributed by atoms with E-state index >= 15 is 0 Å². The van der Waals surface area contributed by atoms with Crippen LogP contribution in [-0.4, -0.2) is 26.3 Å². The van der Waals surface area contributed by atoms with E-state index in [-0.39, 0.29) is 10.7 Å². The maximum absolute atomic E-state index is 12.2. The second kappa shape index (κ2) is 11.7. The van der Waals surface area contributed by atoms with E-state index in [0.29, 0.717) is 11.1 Å². The van der Waals surface area contributed by atoms with Crippen molar-refractivity contribution >= 4 is 41.4 Å². The molecule has 0 fully saturated rings. The average Bonchev–Trinajstić information content (AvgIpc) is 2.78. The van der Waals surface area contributed by atoms with Crippen molar-refractivity contribution < 1.29 is 13.2 Å². The summed E-state index contributed by atoms with van der Waals surface area (Å²) in [5.41, 5.74) is 5.41. The van der Waals surface area contributed by atoms with E-state index in [1.54, 1.807) is 30.1 Å². The number of aryl methyl sites for hydroxylation is 2. The molecule has 3 aromatic rings. The highest BCUT2D eigenvalue weighted by molar-refractivity contribution is 7.90. The summed E-state index contributed by atoms with van der Waals surface area (Å²) in [6.07, 6.45) is 2.31. The minimum Gasteiger partial charge on any atom is -0.294 e. The van der Waals surface area contributed by atoms with E-state index in [2.05, 4.69) is 40.1 Å². The molecule has 0 aliphatic carbocycles. The standard InChI is InChI=1S/C19H19O3PS.C8H10/c1-13-4-6-16(7-5-13)19(14(2)20)18(12-23)15-8-10-17(11-9-15)24(3,21)22;1-2-8-6-4-3-5-7-8/h4-12,23H,1-3H3;3-7H,2H2,1H3/b19-18-;. The molecule has 0 amide bonds. The Bertz CT molecular complexity index is 1190. The van der Waals surface area contributed by atoms with E-state index in [9.17, 15) is 13.2 Å². The molecule has 0 radical (unpaired) electrons. The van der Waals surface area contributed by atoms with Crippen molar-refractivity contribution in [3.8, 4) is 0 Å². The zero-order valence-corrected chi connectivity index (χ0v) is 20.7. The molecular formula is C27H29O3PS. The Morgan fingerprint density at radius 3 is 1.81 bits per heavy atom. The summed E-state index contributed by atoms with van der Waals surface area (Å²) >= 11 is 0. The van der Waals surface area contributed by atoms with Crippen LogP contribution >= 0.6 is 8.86 Å². The van der Waals surface area contributed by atoms with Crippen molar-refractivity contribution in [3.05, 3.63) is 101 Å². The molecule has 166 valence electrons. The minimum absolute atomic E-state index is 0.0597. The number of allylic oxidation sites excluding steroid dienone is 2. The van der Waals surface area contributed by atoms with Gasteiger partial charge in [-0.1, -0.05) is 79.2 Å². The number of hydrogen-bond donors (Lipinski definition) is 0. The summed E-state index contributed by atoms with van der Waals surface area (Å²) in [4.78, 5) is 12.5. The van der Waals surface area contributed by atoms with Gasteiger partial charge in [-0.25, -0.2) is 8.42 Å². The van der Waals surface area contributed by atoms with Gasteiger partial charge in [0, 0.05) is 11.8 Å². The molecule has 0 saturated heterocycles. The van der Waals surface area contributed by atoms with Crippen molar-refractivity contribution in [3.63, 3.8) is 0 Å². The van der Waals surface area contributed by atoms with Crippen molar-refractivity contribution in [1.29, 1.82) is 0 Å². The molecule has 5 heteroatoms. The first-order chi connectivity index (χ1) is 15.2. The number of Topliss-reactive ketones (excluding diaryl/α,β-unsaturated/α-hetero) is 1. The van der Waals surface area contributed by atoms with Crippen LogP contribution in [0.2, 0.25) is 0 Å². The molecule has 3 aromatic carbocycles. The molecule has 0 N–H and O–H groups in total. The van der Waals surface area contributed by atoms with E-state index < -0.39 is 9.84 Å². The van der Waals surface area contributed by atoms with E-state index in [1.807, 2.05) is 37.3 Å². The van der Waals surface area contributed by atoms with Crippen molar-refractivity contribution in [1.82, 2.24) is 0 Å². The Balaban J connectivity index is 0.000000380. The Hall–Kier alpha value is -2.81. The fourth-order valence-electron chi connectivity index (χ4n) is 3.16. The van der Waals surface area contributed by atoms with Crippen LogP contribution in [0.4, 0.5) is 0 Å². The summed E-state index contributed by atoms with van der Waals surface area (Å²) < 4.78 is 23.2. The van der Waals surface area contributed by atoms with Gasteiger partial charge in [0.25, 0.3) is 0 Å². The van der Waals surface area contributed by atoms with E-state index in [1.165, 1.54) is 18.7 Å². The predicted molar refractivity (Wildman–Crippen MR) is 138 cm³/mol. The molecular weight excluding hydrogens is 435 g/mol. The molecule has 0 saturated carbocycles. The highest BCUT2D eigenvalue weighted by atomic mass is 32.2. The highest BCUT2D eigenvalue weighted by Crippen LogP contribution is 2.27. The first kappa shape index (κ1) is 25.5. The lowest BCUT2D eigenvalue weighted by Crippen LogP contribution is -2.02. The van der Waals surface area contributed by atoms with Crippen LogP contribution in [0.15, 0.2) is 83.8 Å². The molecule has 0 heterocycles. The first-order valence-electron chi connectivity index (χ1n) is 10.3. The van der Waals surface area contributed by atoms with Gasteiger partial charge in [-0.05, 0) is 60.5 Å². The summed E-state index contributed by atoms with van der Waals surface area (Å²) in [6, 6.07) is 24.7. The molecule has 3 rings (SSSR count). The van der Waals surface area contributed by atoms with E-state index in [0.717, 1.165) is 23.1 Å². The lowest BCUT2D eigenvalue weighted by Gasteiger charge is -2.12. The fourth-order valence-corrected chi connectivity index (χ4v) is 4.11. The van der Waals surface area contributed by atoms with Crippen LogP contribution in [0, 0.1) is 6.92 Å². The monoisotopic (exact) mass is 464 g/mol. The maximum Gasteiger partial charge on any atom is 0.175 e. The summed E-state index contributed by atoms with van der Waals surface area (Å²) in [5, 5.41) is 0. The molecule has 3 nitrogen and oxygen atoms in total. The lowest BCUT2D eigenvalue weighted by atomic mass is 9.93. The molecule has 0 aliphatic heterocycles. The quantitative estimate of drug-likeness (QED) is 0.252. The summed E-state index contributed by atoms with van der Waals surface area (Å²) in [7, 11) is 0.141. The maximum atomic E-state index is 12.2. The van der Waals surface area contributed by atoms with Gasteiger partial charge in [0.2, 0.25) is 0 Å². The van der Waals surface area contributed by atoms with Gasteiger partial charge in [0.15, 0.2) is 15.6 Å². The molecule has 0 unspecified atom stereocenters. The second-order valence-electron chi connectivity index (χ2n) is 7.49. The minimum atomic E-state index is -3.25. The third kappa shape index (κ3) is 7.12. The van der Waals surface area contributed by atoms with Crippen LogP contribution < -0.4 is 0 Å². The van der Waals surface area contributed by atoms with Gasteiger partial charge >= 0.3 is 0 Å². The second-order valence-corrected chi connectivity index (χ2v) is 9.80. The zero-order valence-electron chi connectivity index (χ0n) is 18.9. The van der Waals surface area contributed by atoms with Crippen LogP contribution in [-0.2, 0) is 21.1 Å². The van der Waals surface area contributed by atoms with Crippen molar-refractivity contribution in [2.75, 3.05) is 6.26 Å². The number of carbonyl (C=O) groups excluding carboxylic acids is 1. The molecule has 0 aliphatic rings. The Labute approximate surface area is 194 Å². The summed E-state index contributed by atoms with van der Waals surface area (Å²) in [5.74, 6) is 1.63. The Kier molecular flexibility index (Phi) is 9.31. The highest BCUT2D eigenvalue weighted by Gasteiger charge is 2.15. The van der Waals surface area contributed by atoms with Crippen LogP contribution in [0.3, 0.4) is 0 Å². The van der Waals surface area contributed by atoms with Gasteiger partial charge < -0.3 is 0 Å². The molecule has 0 spiro atoms. The number of rotatable bonds is 6. The molecule has 0 aromatic heterocycles. The molecule has 0 bridgehead atoms. The third-order valence-corrected chi connectivity index (χ3v) is 6.37. The normalized spacial score (nSPS) is 11.6. The average molecular weight is 465 g/mol. The van der Waals surface area contributed by atoms with Crippen LogP contribution in [0.5, 0.6) is 0 Å². The van der Waals surface area contributed by atoms with Crippen molar-refractivity contribution in [2.45, 2.75) is 32.1 Å². The number of benzene rings is 3. The van der Waals surface area contributed by atoms with Gasteiger partial charge in [0.05, 0.1) is 4.90 Å². The Morgan fingerprint density at radius 2 is 1.41 bits per heavy atom. The fraction of sp³-hybridized carbons (Fsp3) is 0.185. The van der Waals surface area contributed by atoms with E-state index in [4.69, 9.17) is 0 Å². The molecule has 32 heavy (non-hydrogen) atoms. The lowest BCUT2D eigenvalue weighted by molar-refractivity contribution is -0.111. The smallest absolute Gasteiger partial charge is 0.175 e. The van der Waals surface area contributed by atoms with Gasteiger partial charge in [-0.3, -0.25) is 4.79 Å². The molecule has 0 atom stereocenters. The third-order valence-electron chi connectivity index (χ3n) is 4.95. The predicted octanol–water partition coefficient (Wildman–Crippen LogP) is 6.09. The summed E-state index contributed by atoms with van der Waals surface area (Å²) in [6.45, 7) is 5.67. The van der Waals surface area contributed by atoms with Crippen LogP contribution in [0.25, 0.3) is 11.1 Å². The van der Waals surface area contributed by atoms with Gasteiger partial charge in [-0.15, -0.1) is 8.86 Å². The first-order valence-corrected chi connectivity index (χ1v) is 12.8. The topological polar surface area (TPSA) is 51.2 Å². The van der Waals surface area contributed by atoms with Crippen LogP contribution in [0.1, 0.15) is 36.1 Å². The van der Waals surface area contributed by atoms with Gasteiger partial charge in [0.1, 0.15) is 0 Å². The Morgan fingerprint density at radius 1 is 0.875 bits per heavy atom. The SMILES string of the molecule is CC(=O)/C(=C(\C=P)c1ccc(S(C)(=O)=O)cc1)c1ccc(C)cc1.CCc1ccccc1. The number of ketones is 1. The van der Waals surface area contributed by atoms with Gasteiger partial charge in [-0.2, -0.15) is 0 Å². The largest absolute Gasteiger partial charge is 0.294 e. The van der Waals surface area contributed by atoms with Crippen molar-refractivity contribution in [2.24, 2.45) is 0 Å². The number of carbonyl (C=O) groups is 1. The zero-order chi connectivity index (χ0) is 23.7.